The third kappa shape index (κ3) is 3.29. The molecule has 1 aliphatic rings. The van der Waals surface area contributed by atoms with Gasteiger partial charge in [0, 0.05) is 13.1 Å². The van der Waals surface area contributed by atoms with Gasteiger partial charge in [0.1, 0.15) is 5.82 Å². The first kappa shape index (κ1) is 13.5. The Bertz CT molecular complexity index is 453. The average molecular weight is 316 g/mol. The maximum atomic E-state index is 13.4. The molecule has 5 heteroatoms. The summed E-state index contributed by atoms with van der Waals surface area (Å²) in [5.41, 5.74) is 0.877. The number of likely N-dealkylation sites (tertiary alicyclic amines) is 1. The highest BCUT2D eigenvalue weighted by atomic mass is 79.9. The smallest absolute Gasteiger partial charge is 0.307 e. The number of hydrogen-bond acceptors (Lipinski definition) is 2. The molecule has 18 heavy (non-hydrogen) atoms. The van der Waals surface area contributed by atoms with Crippen molar-refractivity contribution in [3.05, 3.63) is 34.1 Å². The maximum absolute atomic E-state index is 13.4. The van der Waals surface area contributed by atoms with Crippen LogP contribution in [0.4, 0.5) is 4.39 Å². The fourth-order valence-corrected chi connectivity index (χ4v) is 2.54. The number of piperidine rings is 1. The Balaban J connectivity index is 2.00. The van der Waals surface area contributed by atoms with Gasteiger partial charge in [-0.2, -0.15) is 0 Å². The zero-order valence-electron chi connectivity index (χ0n) is 9.90. The SMILES string of the molecule is O=C(O)C1CCCN(Cc2ccc(Br)c(F)c2)C1. The molecule has 1 aromatic carbocycles. The van der Waals surface area contributed by atoms with Crippen LogP contribution in [0.3, 0.4) is 0 Å². The van der Waals surface area contributed by atoms with E-state index in [1.165, 1.54) is 6.07 Å². The number of carboxylic acid groups (broad SMARTS) is 1. The lowest BCUT2D eigenvalue weighted by atomic mass is 9.98. The van der Waals surface area contributed by atoms with Crippen LogP contribution in [0.5, 0.6) is 0 Å². The van der Waals surface area contributed by atoms with Crippen LogP contribution in [0.25, 0.3) is 0 Å². The minimum atomic E-state index is -0.735. The van der Waals surface area contributed by atoms with Gasteiger partial charge in [-0.15, -0.1) is 0 Å². The van der Waals surface area contributed by atoms with Crippen molar-refractivity contribution in [1.82, 2.24) is 4.90 Å². The quantitative estimate of drug-likeness (QED) is 0.932. The van der Waals surface area contributed by atoms with Crippen molar-refractivity contribution >= 4 is 21.9 Å². The van der Waals surface area contributed by atoms with E-state index in [-0.39, 0.29) is 11.7 Å². The number of aliphatic carboxylic acids is 1. The molecule has 0 amide bonds. The van der Waals surface area contributed by atoms with Crippen LogP contribution in [0.15, 0.2) is 22.7 Å². The summed E-state index contributed by atoms with van der Waals surface area (Å²) in [5, 5.41) is 9.01. The number of halogens is 2. The Hall–Kier alpha value is -0.940. The lowest BCUT2D eigenvalue weighted by Gasteiger charge is -2.30. The highest BCUT2D eigenvalue weighted by molar-refractivity contribution is 9.10. The van der Waals surface area contributed by atoms with Gasteiger partial charge in [0.2, 0.25) is 0 Å². The number of carbonyl (C=O) groups is 1. The van der Waals surface area contributed by atoms with Crippen molar-refractivity contribution in [2.45, 2.75) is 19.4 Å². The number of nitrogens with zero attached hydrogens (tertiary/aromatic N) is 1. The molecule has 1 aromatic rings. The average Bonchev–Trinajstić information content (AvgIpc) is 2.34. The summed E-state index contributed by atoms with van der Waals surface area (Å²) in [6.07, 6.45) is 1.62. The second-order valence-electron chi connectivity index (χ2n) is 4.66. The van der Waals surface area contributed by atoms with E-state index in [1.807, 2.05) is 6.07 Å². The molecule has 1 aliphatic heterocycles. The van der Waals surface area contributed by atoms with E-state index in [4.69, 9.17) is 5.11 Å². The standard InChI is InChI=1S/C13H15BrFNO2/c14-11-4-3-9(6-12(11)15)7-16-5-1-2-10(8-16)13(17)18/h3-4,6,10H,1-2,5,7-8H2,(H,17,18). The third-order valence-electron chi connectivity index (χ3n) is 3.24. The highest BCUT2D eigenvalue weighted by Gasteiger charge is 2.25. The minimum absolute atomic E-state index is 0.278. The molecule has 1 heterocycles. The number of benzene rings is 1. The predicted octanol–water partition coefficient (Wildman–Crippen LogP) is 2.88. The summed E-state index contributed by atoms with van der Waals surface area (Å²) in [6.45, 7) is 2.03. The summed E-state index contributed by atoms with van der Waals surface area (Å²) in [7, 11) is 0. The molecule has 0 spiro atoms. The largest absolute Gasteiger partial charge is 0.481 e. The summed E-state index contributed by atoms with van der Waals surface area (Å²) >= 11 is 3.12. The molecule has 1 atom stereocenters. The molecule has 98 valence electrons. The minimum Gasteiger partial charge on any atom is -0.481 e. The molecule has 3 nitrogen and oxygen atoms in total. The normalized spacial score (nSPS) is 20.9. The Morgan fingerprint density at radius 3 is 3.00 bits per heavy atom. The number of hydrogen-bond donors (Lipinski definition) is 1. The fourth-order valence-electron chi connectivity index (χ4n) is 2.30. The Labute approximate surface area is 114 Å². The van der Waals surface area contributed by atoms with Crippen LogP contribution in [0.1, 0.15) is 18.4 Å². The Morgan fingerprint density at radius 2 is 2.33 bits per heavy atom. The molecule has 1 unspecified atom stereocenters. The molecular formula is C13H15BrFNO2. The topological polar surface area (TPSA) is 40.5 Å². The molecule has 1 N–H and O–H groups in total. The first-order valence-corrected chi connectivity index (χ1v) is 6.74. The molecule has 1 saturated heterocycles. The van der Waals surface area contributed by atoms with Gasteiger partial charge in [0.15, 0.2) is 0 Å². The molecular weight excluding hydrogens is 301 g/mol. The van der Waals surface area contributed by atoms with Gasteiger partial charge < -0.3 is 5.11 Å². The van der Waals surface area contributed by atoms with Crippen molar-refractivity contribution in [2.75, 3.05) is 13.1 Å². The van der Waals surface area contributed by atoms with Crippen molar-refractivity contribution in [2.24, 2.45) is 5.92 Å². The van der Waals surface area contributed by atoms with Crippen LogP contribution in [-0.2, 0) is 11.3 Å². The van der Waals surface area contributed by atoms with E-state index < -0.39 is 5.97 Å². The van der Waals surface area contributed by atoms with E-state index >= 15 is 0 Å². The summed E-state index contributed by atoms with van der Waals surface area (Å²) in [5.74, 6) is -1.31. The van der Waals surface area contributed by atoms with Gasteiger partial charge in [-0.3, -0.25) is 9.69 Å². The highest BCUT2D eigenvalue weighted by Crippen LogP contribution is 2.21. The van der Waals surface area contributed by atoms with Crippen molar-refractivity contribution < 1.29 is 14.3 Å². The van der Waals surface area contributed by atoms with Crippen LogP contribution < -0.4 is 0 Å². The van der Waals surface area contributed by atoms with Gasteiger partial charge in [-0.05, 0) is 53.0 Å². The Morgan fingerprint density at radius 1 is 1.56 bits per heavy atom. The zero-order chi connectivity index (χ0) is 13.1. The number of carboxylic acids is 1. The van der Waals surface area contributed by atoms with Gasteiger partial charge in [0.05, 0.1) is 10.4 Å². The maximum Gasteiger partial charge on any atom is 0.307 e. The van der Waals surface area contributed by atoms with E-state index in [0.717, 1.165) is 24.9 Å². The van der Waals surface area contributed by atoms with E-state index in [9.17, 15) is 9.18 Å². The summed E-state index contributed by atoms with van der Waals surface area (Å²) in [4.78, 5) is 13.0. The summed E-state index contributed by atoms with van der Waals surface area (Å²) < 4.78 is 13.8. The molecule has 0 aromatic heterocycles. The van der Waals surface area contributed by atoms with Crippen LogP contribution in [-0.4, -0.2) is 29.1 Å². The predicted molar refractivity (Wildman–Crippen MR) is 69.7 cm³/mol. The van der Waals surface area contributed by atoms with Gasteiger partial charge in [-0.25, -0.2) is 4.39 Å². The van der Waals surface area contributed by atoms with Crippen LogP contribution in [0, 0.1) is 11.7 Å². The molecule has 0 radical (unpaired) electrons. The lowest BCUT2D eigenvalue weighted by Crippen LogP contribution is -2.38. The summed E-state index contributed by atoms with van der Waals surface area (Å²) in [6, 6.07) is 5.04. The lowest BCUT2D eigenvalue weighted by molar-refractivity contribution is -0.143. The Kier molecular flexibility index (Phi) is 4.35. The molecule has 0 bridgehead atoms. The molecule has 1 fully saturated rings. The fraction of sp³-hybridized carbons (Fsp3) is 0.462. The van der Waals surface area contributed by atoms with Gasteiger partial charge in [0.25, 0.3) is 0 Å². The van der Waals surface area contributed by atoms with Crippen molar-refractivity contribution in [3.63, 3.8) is 0 Å². The number of rotatable bonds is 3. The third-order valence-corrected chi connectivity index (χ3v) is 3.89. The van der Waals surface area contributed by atoms with Crippen LogP contribution in [0.2, 0.25) is 0 Å². The molecule has 0 saturated carbocycles. The van der Waals surface area contributed by atoms with E-state index in [1.54, 1.807) is 6.07 Å². The zero-order valence-corrected chi connectivity index (χ0v) is 11.5. The first-order valence-electron chi connectivity index (χ1n) is 5.95. The van der Waals surface area contributed by atoms with Gasteiger partial charge in [-0.1, -0.05) is 6.07 Å². The molecule has 0 aliphatic carbocycles. The second-order valence-corrected chi connectivity index (χ2v) is 5.52. The van der Waals surface area contributed by atoms with E-state index in [2.05, 4.69) is 20.8 Å². The molecule has 2 rings (SSSR count). The first-order chi connectivity index (χ1) is 8.56. The van der Waals surface area contributed by atoms with E-state index in [0.29, 0.717) is 17.6 Å². The van der Waals surface area contributed by atoms with Crippen molar-refractivity contribution in [3.8, 4) is 0 Å². The van der Waals surface area contributed by atoms with Crippen molar-refractivity contribution in [1.29, 1.82) is 0 Å². The van der Waals surface area contributed by atoms with Crippen LogP contribution >= 0.6 is 15.9 Å². The second kappa shape index (κ2) is 5.80. The monoisotopic (exact) mass is 315 g/mol. The van der Waals surface area contributed by atoms with Gasteiger partial charge >= 0.3 is 5.97 Å².